The summed E-state index contributed by atoms with van der Waals surface area (Å²) in [5, 5.41) is 12.0. The van der Waals surface area contributed by atoms with Crippen LogP contribution in [0, 0.1) is 19.3 Å². The number of hydrogen-bond donors (Lipinski definition) is 1. The van der Waals surface area contributed by atoms with Gasteiger partial charge in [0.05, 0.1) is 16.3 Å². The molecular formula is C20H16Cl2N4OS. The van der Waals surface area contributed by atoms with Crippen LogP contribution in [0.2, 0.25) is 10.0 Å². The van der Waals surface area contributed by atoms with E-state index < -0.39 is 5.91 Å². The van der Waals surface area contributed by atoms with Crippen molar-refractivity contribution in [2.45, 2.75) is 20.8 Å². The van der Waals surface area contributed by atoms with Crippen molar-refractivity contribution in [1.82, 2.24) is 9.47 Å². The number of amidine groups is 2. The number of nitrogens with zero attached hydrogens (tertiary/aromatic N) is 3. The Hall–Kier alpha value is -2.28. The lowest BCUT2D eigenvalue weighted by Crippen LogP contribution is -2.37. The molecule has 0 bridgehead atoms. The van der Waals surface area contributed by atoms with Gasteiger partial charge in [-0.05, 0) is 62.1 Å². The number of thioether (sulfide) groups is 1. The molecule has 0 unspecified atom stereocenters. The number of aromatic nitrogens is 1. The highest BCUT2D eigenvalue weighted by Gasteiger charge is 2.34. The molecule has 2 aliphatic heterocycles. The van der Waals surface area contributed by atoms with E-state index in [1.54, 1.807) is 23.1 Å². The first-order chi connectivity index (χ1) is 13.3. The first kappa shape index (κ1) is 19.1. The Bertz CT molecular complexity index is 1140. The van der Waals surface area contributed by atoms with E-state index in [0.29, 0.717) is 15.2 Å². The van der Waals surface area contributed by atoms with Crippen molar-refractivity contribution in [3.8, 4) is 5.69 Å². The van der Waals surface area contributed by atoms with Gasteiger partial charge < -0.3 is 4.57 Å². The number of benzene rings is 1. The predicted octanol–water partition coefficient (Wildman–Crippen LogP) is 5.57. The zero-order chi connectivity index (χ0) is 20.2. The molecule has 3 heterocycles. The smallest absolute Gasteiger partial charge is 0.283 e. The van der Waals surface area contributed by atoms with Gasteiger partial charge in [0.25, 0.3) is 5.91 Å². The molecule has 142 valence electrons. The Labute approximate surface area is 176 Å². The van der Waals surface area contributed by atoms with Gasteiger partial charge in [-0.1, -0.05) is 35.0 Å². The van der Waals surface area contributed by atoms with Gasteiger partial charge in [-0.15, -0.1) is 0 Å². The topological polar surface area (TPSA) is 61.5 Å². The molecule has 0 saturated heterocycles. The first-order valence-corrected chi connectivity index (χ1v) is 10.1. The molecule has 0 radical (unpaired) electrons. The Balaban J connectivity index is 1.80. The Kier molecular flexibility index (Phi) is 4.73. The van der Waals surface area contributed by atoms with E-state index in [2.05, 4.69) is 4.99 Å². The summed E-state index contributed by atoms with van der Waals surface area (Å²) < 4.78 is 2.01. The number of rotatable bonds is 2. The summed E-state index contributed by atoms with van der Waals surface area (Å²) in [5.74, 6) is -0.260. The summed E-state index contributed by atoms with van der Waals surface area (Å²) in [6, 6.07) is 7.32. The number of hydrogen-bond acceptors (Lipinski definition) is 3. The standard InChI is InChI=1S/C20H16Cl2N4OS/c1-10-6-13(12(3)25(10)17-5-4-14(21)8-16(17)22)7-15-18(23)26-11(2)9-28-20(26)24-19(15)27/h4-9,23H,1-3H3/b15-7-,23-18?. The van der Waals surface area contributed by atoms with E-state index in [0.717, 1.165) is 28.3 Å². The molecule has 1 N–H and O–H groups in total. The van der Waals surface area contributed by atoms with Gasteiger partial charge in [-0.3, -0.25) is 15.1 Å². The van der Waals surface area contributed by atoms with Crippen LogP contribution in [0.5, 0.6) is 0 Å². The number of amides is 1. The number of carbonyl (C=O) groups excluding carboxylic acids is 1. The maximum absolute atomic E-state index is 12.5. The van der Waals surface area contributed by atoms with Gasteiger partial charge in [0.1, 0.15) is 5.84 Å². The fourth-order valence-corrected chi connectivity index (χ4v) is 4.71. The molecule has 1 aromatic carbocycles. The molecular weight excluding hydrogens is 415 g/mol. The van der Waals surface area contributed by atoms with Gasteiger partial charge in [0, 0.05) is 22.1 Å². The van der Waals surface area contributed by atoms with Gasteiger partial charge >= 0.3 is 0 Å². The van der Waals surface area contributed by atoms with Gasteiger partial charge in [0.2, 0.25) is 0 Å². The number of fused-ring (bicyclic) bond motifs is 1. The zero-order valence-corrected chi connectivity index (χ0v) is 17.7. The fourth-order valence-electron chi connectivity index (χ4n) is 3.36. The summed E-state index contributed by atoms with van der Waals surface area (Å²) in [6.45, 7) is 5.81. The van der Waals surface area contributed by atoms with E-state index in [1.807, 2.05) is 42.9 Å². The lowest BCUT2D eigenvalue weighted by molar-refractivity contribution is -0.114. The zero-order valence-electron chi connectivity index (χ0n) is 15.4. The molecule has 1 aromatic heterocycles. The largest absolute Gasteiger partial charge is 0.316 e. The third-order valence-corrected chi connectivity index (χ3v) is 6.19. The van der Waals surface area contributed by atoms with Crippen LogP contribution in [0.1, 0.15) is 23.9 Å². The number of nitrogens with one attached hydrogen (secondary N) is 1. The normalized spacial score (nSPS) is 17.9. The minimum absolute atomic E-state index is 0.142. The maximum Gasteiger partial charge on any atom is 0.283 e. The van der Waals surface area contributed by atoms with E-state index in [1.165, 1.54) is 11.8 Å². The number of allylic oxidation sites excluding steroid dienone is 1. The van der Waals surface area contributed by atoms with Crippen molar-refractivity contribution < 1.29 is 4.79 Å². The molecule has 5 nitrogen and oxygen atoms in total. The highest BCUT2D eigenvalue weighted by atomic mass is 35.5. The predicted molar refractivity (Wildman–Crippen MR) is 117 cm³/mol. The summed E-state index contributed by atoms with van der Waals surface area (Å²) in [7, 11) is 0. The second-order valence-electron chi connectivity index (χ2n) is 6.58. The number of aliphatic imine (C=N–C) groups is 1. The van der Waals surface area contributed by atoms with E-state index >= 15 is 0 Å². The maximum atomic E-state index is 12.5. The average Bonchev–Trinajstić information content (AvgIpc) is 3.12. The van der Waals surface area contributed by atoms with E-state index in [4.69, 9.17) is 28.6 Å². The van der Waals surface area contributed by atoms with Gasteiger partial charge in [-0.25, -0.2) is 0 Å². The fraction of sp³-hybridized carbons (Fsp3) is 0.150. The lowest BCUT2D eigenvalue weighted by Gasteiger charge is -2.25. The van der Waals surface area contributed by atoms with Crippen LogP contribution in [0.3, 0.4) is 0 Å². The van der Waals surface area contributed by atoms with Crippen molar-refractivity contribution in [2.24, 2.45) is 4.99 Å². The molecule has 0 aliphatic carbocycles. The Morgan fingerprint density at radius 1 is 1.18 bits per heavy atom. The molecule has 28 heavy (non-hydrogen) atoms. The monoisotopic (exact) mass is 430 g/mol. The number of aryl methyl sites for hydroxylation is 1. The highest BCUT2D eigenvalue weighted by Crippen LogP contribution is 2.33. The van der Waals surface area contributed by atoms with Crippen molar-refractivity contribution in [1.29, 1.82) is 5.41 Å². The molecule has 4 rings (SSSR count). The second kappa shape index (κ2) is 6.95. The molecule has 2 aromatic rings. The minimum Gasteiger partial charge on any atom is -0.316 e. The highest BCUT2D eigenvalue weighted by molar-refractivity contribution is 8.16. The minimum atomic E-state index is -0.402. The summed E-state index contributed by atoms with van der Waals surface area (Å²) in [6.07, 6.45) is 1.73. The molecule has 8 heteroatoms. The third-order valence-electron chi connectivity index (χ3n) is 4.71. The molecule has 0 atom stereocenters. The molecule has 0 fully saturated rings. The first-order valence-electron chi connectivity index (χ1n) is 8.49. The van der Waals surface area contributed by atoms with Crippen LogP contribution in [-0.2, 0) is 4.79 Å². The van der Waals surface area contributed by atoms with Crippen LogP contribution in [0.4, 0.5) is 0 Å². The van der Waals surface area contributed by atoms with Crippen molar-refractivity contribution in [3.63, 3.8) is 0 Å². The van der Waals surface area contributed by atoms with Crippen molar-refractivity contribution >= 4 is 58.0 Å². The van der Waals surface area contributed by atoms with E-state index in [-0.39, 0.29) is 11.4 Å². The second-order valence-corrected chi connectivity index (χ2v) is 8.26. The molecule has 0 saturated carbocycles. The number of carbonyl (C=O) groups is 1. The van der Waals surface area contributed by atoms with Gasteiger partial charge in [-0.2, -0.15) is 4.99 Å². The van der Waals surface area contributed by atoms with Crippen LogP contribution in [0.25, 0.3) is 11.8 Å². The molecule has 2 aliphatic rings. The quantitative estimate of drug-likeness (QED) is 0.633. The van der Waals surface area contributed by atoms with Crippen molar-refractivity contribution in [2.75, 3.05) is 0 Å². The summed E-state index contributed by atoms with van der Waals surface area (Å²) in [5.41, 5.74) is 4.66. The van der Waals surface area contributed by atoms with E-state index in [9.17, 15) is 4.79 Å². The van der Waals surface area contributed by atoms with Crippen LogP contribution < -0.4 is 0 Å². The molecule has 0 spiro atoms. The van der Waals surface area contributed by atoms with Crippen LogP contribution >= 0.6 is 35.0 Å². The lowest BCUT2D eigenvalue weighted by atomic mass is 10.1. The molecule has 1 amide bonds. The SMILES string of the molecule is CC1=CSC2=NC(=O)/C(=C\c3cc(C)n(-c4ccc(Cl)cc4Cl)c3C)C(=N)N12. The average molecular weight is 431 g/mol. The van der Waals surface area contributed by atoms with Crippen LogP contribution in [0.15, 0.2) is 45.9 Å². The van der Waals surface area contributed by atoms with Crippen molar-refractivity contribution in [3.05, 3.63) is 67.9 Å². The Morgan fingerprint density at radius 2 is 1.93 bits per heavy atom. The van der Waals surface area contributed by atoms with Crippen LogP contribution in [-0.4, -0.2) is 26.4 Å². The summed E-state index contributed by atoms with van der Waals surface area (Å²) >= 11 is 13.8. The Morgan fingerprint density at radius 3 is 2.64 bits per heavy atom. The van der Waals surface area contributed by atoms with Gasteiger partial charge in [0.15, 0.2) is 5.17 Å². The number of halogens is 2. The summed E-state index contributed by atoms with van der Waals surface area (Å²) in [4.78, 5) is 18.3. The third kappa shape index (κ3) is 3.02.